The number of anilines is 1. The highest BCUT2D eigenvalue weighted by Crippen LogP contribution is 2.22. The summed E-state index contributed by atoms with van der Waals surface area (Å²) in [5, 5.41) is 1.00. The summed E-state index contributed by atoms with van der Waals surface area (Å²) < 4.78 is 5.63. The van der Waals surface area contributed by atoms with Crippen LogP contribution in [-0.4, -0.2) is 11.6 Å². The van der Waals surface area contributed by atoms with E-state index < -0.39 is 0 Å². The van der Waals surface area contributed by atoms with Crippen LogP contribution < -0.4 is 5.73 Å². The van der Waals surface area contributed by atoms with Crippen LogP contribution in [0.1, 0.15) is 25.3 Å². The van der Waals surface area contributed by atoms with Gasteiger partial charge in [0.2, 0.25) is 0 Å². The molecule has 90 valence electrons. The lowest BCUT2D eigenvalue weighted by molar-refractivity contribution is 0.119. The monoisotopic (exact) mass is 230 g/mol. The van der Waals surface area contributed by atoms with Crippen molar-refractivity contribution in [2.24, 2.45) is 0 Å². The van der Waals surface area contributed by atoms with Gasteiger partial charge >= 0.3 is 0 Å². The lowest BCUT2D eigenvalue weighted by Crippen LogP contribution is -1.98. The molecule has 0 saturated carbocycles. The minimum atomic E-state index is 0.605. The molecule has 0 spiro atoms. The molecule has 1 aromatic heterocycles. The summed E-state index contributed by atoms with van der Waals surface area (Å²) in [6.45, 7) is 3.56. The Morgan fingerprint density at radius 1 is 1.29 bits per heavy atom. The van der Waals surface area contributed by atoms with Crippen LogP contribution in [0.25, 0.3) is 10.9 Å². The number of aromatic nitrogens is 1. The highest BCUT2D eigenvalue weighted by Gasteiger charge is 2.04. The molecule has 3 heteroatoms. The van der Waals surface area contributed by atoms with Crippen molar-refractivity contribution in [3.63, 3.8) is 0 Å². The van der Waals surface area contributed by atoms with Crippen molar-refractivity contribution in [1.82, 2.24) is 4.98 Å². The van der Waals surface area contributed by atoms with Gasteiger partial charge in [0.25, 0.3) is 0 Å². The third-order valence-electron chi connectivity index (χ3n) is 2.79. The Bertz CT molecular complexity index is 497. The number of nitrogens with zero attached hydrogens (tertiary/aromatic N) is 1. The fourth-order valence-corrected chi connectivity index (χ4v) is 1.80. The summed E-state index contributed by atoms with van der Waals surface area (Å²) in [6.07, 6.45) is 4.04. The maximum atomic E-state index is 5.92. The number of benzene rings is 1. The molecule has 0 aliphatic heterocycles. The molecule has 1 aromatic carbocycles. The topological polar surface area (TPSA) is 48.1 Å². The minimum Gasteiger partial charge on any atom is -0.398 e. The first kappa shape index (κ1) is 11.9. The molecule has 2 rings (SSSR count). The maximum absolute atomic E-state index is 5.92. The van der Waals surface area contributed by atoms with Gasteiger partial charge < -0.3 is 10.5 Å². The highest BCUT2D eigenvalue weighted by atomic mass is 16.5. The van der Waals surface area contributed by atoms with Crippen LogP contribution in [0.15, 0.2) is 30.5 Å². The number of rotatable bonds is 5. The van der Waals surface area contributed by atoms with E-state index in [1.807, 2.05) is 24.3 Å². The fourth-order valence-electron chi connectivity index (χ4n) is 1.80. The molecule has 0 bridgehead atoms. The third-order valence-corrected chi connectivity index (χ3v) is 2.79. The van der Waals surface area contributed by atoms with E-state index in [-0.39, 0.29) is 0 Å². The molecular formula is C14H18N2O. The second-order valence-electron chi connectivity index (χ2n) is 4.12. The Hall–Kier alpha value is -1.61. The van der Waals surface area contributed by atoms with Crippen molar-refractivity contribution in [3.05, 3.63) is 36.0 Å². The fraction of sp³-hybridized carbons (Fsp3) is 0.357. The van der Waals surface area contributed by atoms with Gasteiger partial charge in [0.15, 0.2) is 0 Å². The predicted octanol–water partition coefficient (Wildman–Crippen LogP) is 3.13. The molecule has 2 N–H and O–H groups in total. The van der Waals surface area contributed by atoms with E-state index in [1.54, 1.807) is 6.20 Å². The number of fused-ring (bicyclic) bond motifs is 1. The van der Waals surface area contributed by atoms with E-state index in [0.29, 0.717) is 6.61 Å². The van der Waals surface area contributed by atoms with E-state index in [9.17, 15) is 0 Å². The molecule has 0 radical (unpaired) electrons. The van der Waals surface area contributed by atoms with Gasteiger partial charge in [-0.1, -0.05) is 19.4 Å². The Labute approximate surface area is 102 Å². The molecule has 1 heterocycles. The summed E-state index contributed by atoms with van der Waals surface area (Å²) in [7, 11) is 0. The van der Waals surface area contributed by atoms with Gasteiger partial charge in [0, 0.05) is 29.4 Å². The summed E-state index contributed by atoms with van der Waals surface area (Å²) in [6, 6.07) is 7.81. The molecule has 2 aromatic rings. The van der Waals surface area contributed by atoms with Crippen LogP contribution in [-0.2, 0) is 11.3 Å². The van der Waals surface area contributed by atoms with Crippen molar-refractivity contribution in [3.8, 4) is 0 Å². The normalized spacial score (nSPS) is 10.9. The zero-order chi connectivity index (χ0) is 12.1. The number of ether oxygens (including phenoxy) is 1. The van der Waals surface area contributed by atoms with E-state index in [0.717, 1.165) is 41.6 Å². The average Bonchev–Trinajstić information content (AvgIpc) is 2.37. The van der Waals surface area contributed by atoms with Gasteiger partial charge in [0.1, 0.15) is 0 Å². The second kappa shape index (κ2) is 5.64. The van der Waals surface area contributed by atoms with Crippen LogP contribution in [0.5, 0.6) is 0 Å². The van der Waals surface area contributed by atoms with E-state index in [2.05, 4.69) is 11.9 Å². The number of unbranched alkanes of at least 4 members (excludes halogenated alkanes) is 1. The summed E-state index contributed by atoms with van der Waals surface area (Å²) in [5.74, 6) is 0. The van der Waals surface area contributed by atoms with E-state index in [4.69, 9.17) is 10.5 Å². The van der Waals surface area contributed by atoms with Crippen LogP contribution in [0.2, 0.25) is 0 Å². The number of nitrogen functional groups attached to an aromatic ring is 1. The maximum Gasteiger partial charge on any atom is 0.0777 e. The van der Waals surface area contributed by atoms with E-state index in [1.165, 1.54) is 0 Å². The van der Waals surface area contributed by atoms with Gasteiger partial charge in [-0.15, -0.1) is 0 Å². The molecular weight excluding hydrogens is 212 g/mol. The number of pyridine rings is 1. The largest absolute Gasteiger partial charge is 0.398 e. The molecule has 0 aliphatic carbocycles. The van der Waals surface area contributed by atoms with E-state index >= 15 is 0 Å². The van der Waals surface area contributed by atoms with Crippen molar-refractivity contribution < 1.29 is 4.74 Å². The van der Waals surface area contributed by atoms with Crippen molar-refractivity contribution >= 4 is 16.6 Å². The first-order valence-electron chi connectivity index (χ1n) is 6.02. The molecule has 0 amide bonds. The lowest BCUT2D eigenvalue weighted by atomic mass is 10.1. The van der Waals surface area contributed by atoms with Crippen LogP contribution >= 0.6 is 0 Å². The lowest BCUT2D eigenvalue weighted by Gasteiger charge is -2.08. The smallest absolute Gasteiger partial charge is 0.0777 e. The zero-order valence-corrected chi connectivity index (χ0v) is 10.1. The van der Waals surface area contributed by atoms with Gasteiger partial charge in [-0.2, -0.15) is 0 Å². The Kier molecular flexibility index (Phi) is 3.94. The SMILES string of the molecule is CCCCOCc1ccc(N)c2cccnc12. The van der Waals surface area contributed by atoms with Crippen LogP contribution in [0.3, 0.4) is 0 Å². The standard InChI is InChI=1S/C14H18N2O/c1-2-3-9-17-10-11-6-7-13(15)12-5-4-8-16-14(11)12/h4-8H,2-3,9-10,15H2,1H3. The zero-order valence-electron chi connectivity index (χ0n) is 10.1. The quantitative estimate of drug-likeness (QED) is 0.634. The first-order valence-corrected chi connectivity index (χ1v) is 6.02. The first-order chi connectivity index (χ1) is 8.33. The third kappa shape index (κ3) is 2.74. The molecule has 0 saturated heterocycles. The number of hydrogen-bond acceptors (Lipinski definition) is 3. The van der Waals surface area contributed by atoms with Crippen molar-refractivity contribution in [1.29, 1.82) is 0 Å². The molecule has 0 unspecified atom stereocenters. The van der Waals surface area contributed by atoms with Gasteiger partial charge in [-0.25, -0.2) is 0 Å². The van der Waals surface area contributed by atoms with Gasteiger partial charge in [0.05, 0.1) is 12.1 Å². The Balaban J connectivity index is 2.20. The Morgan fingerprint density at radius 3 is 3.00 bits per heavy atom. The molecule has 0 atom stereocenters. The summed E-state index contributed by atoms with van der Waals surface area (Å²) >= 11 is 0. The van der Waals surface area contributed by atoms with Crippen LogP contribution in [0, 0.1) is 0 Å². The second-order valence-corrected chi connectivity index (χ2v) is 4.12. The average molecular weight is 230 g/mol. The Morgan fingerprint density at radius 2 is 2.18 bits per heavy atom. The summed E-state index contributed by atoms with van der Waals surface area (Å²) in [4.78, 5) is 4.38. The predicted molar refractivity (Wildman–Crippen MR) is 70.7 cm³/mol. The summed E-state index contributed by atoms with van der Waals surface area (Å²) in [5.41, 5.74) is 8.74. The molecule has 0 aliphatic rings. The molecule has 0 fully saturated rings. The number of hydrogen-bond donors (Lipinski definition) is 1. The van der Waals surface area contributed by atoms with Gasteiger partial charge in [-0.05, 0) is 24.6 Å². The van der Waals surface area contributed by atoms with Crippen molar-refractivity contribution in [2.45, 2.75) is 26.4 Å². The molecule has 17 heavy (non-hydrogen) atoms. The van der Waals surface area contributed by atoms with Gasteiger partial charge in [-0.3, -0.25) is 4.98 Å². The minimum absolute atomic E-state index is 0.605. The molecule has 3 nitrogen and oxygen atoms in total. The highest BCUT2D eigenvalue weighted by molar-refractivity contribution is 5.92. The van der Waals surface area contributed by atoms with Crippen LogP contribution in [0.4, 0.5) is 5.69 Å². The number of nitrogens with two attached hydrogens (primary N) is 1. The van der Waals surface area contributed by atoms with Crippen molar-refractivity contribution in [2.75, 3.05) is 12.3 Å².